The molecule has 0 bridgehead atoms. The summed E-state index contributed by atoms with van der Waals surface area (Å²) in [5, 5.41) is 0. The van der Waals surface area contributed by atoms with E-state index in [-0.39, 0.29) is 11.7 Å². The average molecular weight is 288 g/mol. The number of nitrogen functional groups attached to an aromatic ring is 1. The molecule has 1 amide bonds. The fourth-order valence-corrected chi connectivity index (χ4v) is 2.08. The summed E-state index contributed by atoms with van der Waals surface area (Å²) < 4.78 is 13.8. The second-order valence-corrected chi connectivity index (χ2v) is 4.68. The van der Waals surface area contributed by atoms with E-state index in [1.54, 1.807) is 38.2 Å². The minimum Gasteiger partial charge on any atom is -0.335 e. The molecule has 1 aromatic carbocycles. The van der Waals surface area contributed by atoms with Crippen LogP contribution in [0.1, 0.15) is 28.9 Å². The van der Waals surface area contributed by atoms with Gasteiger partial charge in [0.15, 0.2) is 0 Å². The summed E-state index contributed by atoms with van der Waals surface area (Å²) in [5.41, 5.74) is 3.71. The van der Waals surface area contributed by atoms with E-state index in [1.165, 1.54) is 23.4 Å². The Labute approximate surface area is 122 Å². The molecular weight excluding hydrogens is 271 g/mol. The lowest BCUT2D eigenvalue weighted by molar-refractivity contribution is 0.0741. The van der Waals surface area contributed by atoms with Crippen molar-refractivity contribution >= 4 is 11.6 Å². The third kappa shape index (κ3) is 3.00. The predicted octanol–water partition coefficient (Wildman–Crippen LogP) is 2.34. The number of hydrogen-bond donors (Lipinski definition) is 2. The number of halogens is 1. The fourth-order valence-electron chi connectivity index (χ4n) is 2.08. The number of nitrogens with two attached hydrogens (primary N) is 1. The first-order valence-corrected chi connectivity index (χ1v) is 6.48. The van der Waals surface area contributed by atoms with Crippen LogP contribution in [0.5, 0.6) is 0 Å². The van der Waals surface area contributed by atoms with Gasteiger partial charge >= 0.3 is 0 Å². The van der Waals surface area contributed by atoms with Gasteiger partial charge in [-0.3, -0.25) is 15.6 Å². The normalized spacial score (nSPS) is 11.8. The molecule has 1 atom stereocenters. The fraction of sp³-hybridized carbons (Fsp3) is 0.200. The molecule has 1 heterocycles. The summed E-state index contributed by atoms with van der Waals surface area (Å²) in [6, 6.07) is 7.57. The van der Waals surface area contributed by atoms with E-state index < -0.39 is 6.04 Å². The van der Waals surface area contributed by atoms with Gasteiger partial charge in [0.25, 0.3) is 5.91 Å². The van der Waals surface area contributed by atoms with Crippen molar-refractivity contribution in [3.05, 3.63) is 59.7 Å². The number of hydrogen-bond acceptors (Lipinski definition) is 4. The van der Waals surface area contributed by atoms with Crippen LogP contribution in [0, 0.1) is 5.82 Å². The van der Waals surface area contributed by atoms with Gasteiger partial charge in [-0.25, -0.2) is 4.39 Å². The summed E-state index contributed by atoms with van der Waals surface area (Å²) >= 11 is 0. The zero-order chi connectivity index (χ0) is 15.4. The predicted molar refractivity (Wildman–Crippen MR) is 79.0 cm³/mol. The topological polar surface area (TPSA) is 71.2 Å². The largest absolute Gasteiger partial charge is 0.335 e. The second kappa shape index (κ2) is 6.32. The summed E-state index contributed by atoms with van der Waals surface area (Å²) in [7, 11) is 1.63. The smallest absolute Gasteiger partial charge is 0.256 e. The molecule has 1 unspecified atom stereocenters. The Balaban J connectivity index is 2.29. The quantitative estimate of drug-likeness (QED) is 0.669. The van der Waals surface area contributed by atoms with Crippen LogP contribution >= 0.6 is 0 Å². The molecule has 0 radical (unpaired) electrons. The maximum atomic E-state index is 13.8. The molecule has 6 heteroatoms. The van der Waals surface area contributed by atoms with Crippen molar-refractivity contribution in [3.8, 4) is 0 Å². The molecule has 0 spiro atoms. The van der Waals surface area contributed by atoms with Crippen LogP contribution in [0.3, 0.4) is 0 Å². The van der Waals surface area contributed by atoms with Crippen LogP contribution in [-0.4, -0.2) is 22.8 Å². The molecule has 0 saturated carbocycles. The van der Waals surface area contributed by atoms with E-state index >= 15 is 0 Å². The lowest BCUT2D eigenvalue weighted by Gasteiger charge is -2.26. The van der Waals surface area contributed by atoms with Crippen LogP contribution in [0.2, 0.25) is 0 Å². The molecule has 0 aliphatic rings. The summed E-state index contributed by atoms with van der Waals surface area (Å²) in [5.74, 6) is 4.78. The van der Waals surface area contributed by atoms with Gasteiger partial charge in [0, 0.05) is 18.8 Å². The molecule has 110 valence electrons. The zero-order valence-electron chi connectivity index (χ0n) is 11.9. The second-order valence-electron chi connectivity index (χ2n) is 4.68. The number of nitrogens with zero attached hydrogens (tertiary/aromatic N) is 2. The molecule has 21 heavy (non-hydrogen) atoms. The lowest BCUT2D eigenvalue weighted by Crippen LogP contribution is -2.31. The number of benzene rings is 1. The number of carbonyl (C=O) groups excluding carboxylic acids is 1. The molecule has 0 aliphatic carbocycles. The molecule has 5 nitrogen and oxygen atoms in total. The highest BCUT2D eigenvalue weighted by molar-refractivity contribution is 5.99. The van der Waals surface area contributed by atoms with Crippen molar-refractivity contribution in [2.75, 3.05) is 12.5 Å². The van der Waals surface area contributed by atoms with Gasteiger partial charge in [-0.1, -0.05) is 18.2 Å². The number of amides is 1. The molecule has 2 aromatic rings. The molecule has 1 aromatic heterocycles. The van der Waals surface area contributed by atoms with E-state index in [9.17, 15) is 9.18 Å². The molecule has 3 N–H and O–H groups in total. The SMILES string of the molecule is CC(c1ccccc1F)N(C)C(=O)c1ccncc1NN. The number of pyridine rings is 1. The highest BCUT2D eigenvalue weighted by Gasteiger charge is 2.22. The van der Waals surface area contributed by atoms with Crippen molar-refractivity contribution in [1.29, 1.82) is 0 Å². The van der Waals surface area contributed by atoms with E-state index in [2.05, 4.69) is 10.4 Å². The van der Waals surface area contributed by atoms with E-state index in [4.69, 9.17) is 5.84 Å². The number of hydrazine groups is 1. The Morgan fingerprint density at radius 1 is 1.38 bits per heavy atom. The monoisotopic (exact) mass is 288 g/mol. The van der Waals surface area contributed by atoms with Crippen LogP contribution in [-0.2, 0) is 0 Å². The lowest BCUT2D eigenvalue weighted by atomic mass is 10.1. The number of nitrogens with one attached hydrogen (secondary N) is 1. The summed E-state index contributed by atoms with van der Waals surface area (Å²) in [4.78, 5) is 17.9. The van der Waals surface area contributed by atoms with Gasteiger partial charge in [-0.05, 0) is 19.1 Å². The Bertz CT molecular complexity index is 647. The maximum Gasteiger partial charge on any atom is 0.256 e. The average Bonchev–Trinajstić information content (AvgIpc) is 2.53. The van der Waals surface area contributed by atoms with Gasteiger partial charge in [0.05, 0.1) is 23.5 Å². The van der Waals surface area contributed by atoms with Gasteiger partial charge in [-0.15, -0.1) is 0 Å². The van der Waals surface area contributed by atoms with Gasteiger partial charge < -0.3 is 10.3 Å². The highest BCUT2D eigenvalue weighted by Crippen LogP contribution is 2.24. The first-order chi connectivity index (χ1) is 10.1. The van der Waals surface area contributed by atoms with Crippen LogP contribution < -0.4 is 11.3 Å². The van der Waals surface area contributed by atoms with Crippen LogP contribution in [0.4, 0.5) is 10.1 Å². The minimum atomic E-state index is -0.405. The zero-order valence-corrected chi connectivity index (χ0v) is 11.9. The third-order valence-corrected chi connectivity index (χ3v) is 3.46. The van der Waals surface area contributed by atoms with Crippen molar-refractivity contribution < 1.29 is 9.18 Å². The molecule has 0 saturated heterocycles. The van der Waals surface area contributed by atoms with E-state index in [0.29, 0.717) is 16.8 Å². The van der Waals surface area contributed by atoms with Crippen molar-refractivity contribution in [3.63, 3.8) is 0 Å². The maximum absolute atomic E-state index is 13.8. The molecule has 0 fully saturated rings. The number of rotatable bonds is 4. The minimum absolute atomic E-state index is 0.263. The summed E-state index contributed by atoms with van der Waals surface area (Å²) in [6.45, 7) is 1.77. The number of carbonyl (C=O) groups is 1. The third-order valence-electron chi connectivity index (χ3n) is 3.46. The Morgan fingerprint density at radius 3 is 2.76 bits per heavy atom. The Kier molecular flexibility index (Phi) is 4.49. The molecule has 0 aliphatic heterocycles. The highest BCUT2D eigenvalue weighted by atomic mass is 19.1. The van der Waals surface area contributed by atoms with E-state index in [1.807, 2.05) is 0 Å². The van der Waals surface area contributed by atoms with Gasteiger partial charge in [-0.2, -0.15) is 0 Å². The van der Waals surface area contributed by atoms with E-state index in [0.717, 1.165) is 0 Å². The summed E-state index contributed by atoms with van der Waals surface area (Å²) in [6.07, 6.45) is 2.98. The molecule has 2 rings (SSSR count). The Morgan fingerprint density at radius 2 is 2.10 bits per heavy atom. The first-order valence-electron chi connectivity index (χ1n) is 6.48. The first kappa shape index (κ1) is 14.9. The molecular formula is C15H17FN4O. The number of aromatic nitrogens is 1. The van der Waals surface area contributed by atoms with Crippen LogP contribution in [0.25, 0.3) is 0 Å². The van der Waals surface area contributed by atoms with Crippen molar-refractivity contribution in [2.24, 2.45) is 5.84 Å². The standard InChI is InChI=1S/C15H17FN4O/c1-10(11-5-3-4-6-13(11)16)20(2)15(21)12-7-8-18-9-14(12)19-17/h3-10,19H,17H2,1-2H3. The van der Waals surface area contributed by atoms with Gasteiger partial charge in [0.1, 0.15) is 5.82 Å². The van der Waals surface area contributed by atoms with Gasteiger partial charge in [0.2, 0.25) is 0 Å². The van der Waals surface area contributed by atoms with Crippen LogP contribution in [0.15, 0.2) is 42.7 Å². The van der Waals surface area contributed by atoms with Crippen molar-refractivity contribution in [2.45, 2.75) is 13.0 Å². The van der Waals surface area contributed by atoms with Crippen molar-refractivity contribution in [1.82, 2.24) is 9.88 Å². The Hall–Kier alpha value is -2.47. The number of anilines is 1.